The van der Waals surface area contributed by atoms with E-state index in [1.807, 2.05) is 6.92 Å². The maximum absolute atomic E-state index is 4.02. The third-order valence-corrected chi connectivity index (χ3v) is 1.26. The van der Waals surface area contributed by atoms with E-state index >= 15 is 0 Å². The van der Waals surface area contributed by atoms with Crippen LogP contribution in [0.2, 0.25) is 0 Å². The number of nitrogens with zero attached hydrogens (tertiary/aromatic N) is 3. The number of imidazole rings is 1. The van der Waals surface area contributed by atoms with E-state index in [0.717, 1.165) is 11.5 Å². The van der Waals surface area contributed by atoms with Crippen molar-refractivity contribution in [3.8, 4) is 0 Å². The zero-order chi connectivity index (χ0) is 7.56. The summed E-state index contributed by atoms with van der Waals surface area (Å²) in [6.07, 6.45) is 3.37. The van der Waals surface area contributed by atoms with Gasteiger partial charge in [-0.1, -0.05) is 6.58 Å². The molecule has 1 rings (SSSR count). The van der Waals surface area contributed by atoms with E-state index in [2.05, 4.69) is 23.4 Å². The summed E-state index contributed by atoms with van der Waals surface area (Å²) in [5.41, 5.74) is 0.963. The first kappa shape index (κ1) is 6.74. The second kappa shape index (κ2) is 2.47. The van der Waals surface area contributed by atoms with Crippen molar-refractivity contribution in [3.05, 3.63) is 24.3 Å². The van der Waals surface area contributed by atoms with Crippen molar-refractivity contribution >= 4 is 12.8 Å². The highest BCUT2D eigenvalue weighted by atomic mass is 15.4. The van der Waals surface area contributed by atoms with Gasteiger partial charge in [0, 0.05) is 6.72 Å². The molecule has 0 aliphatic heterocycles. The highest BCUT2D eigenvalue weighted by Gasteiger charge is 1.98. The average molecular weight is 135 g/mol. The molecule has 0 aromatic carbocycles. The first-order valence-corrected chi connectivity index (χ1v) is 2.93. The second-order valence-corrected chi connectivity index (χ2v) is 1.92. The van der Waals surface area contributed by atoms with Gasteiger partial charge in [-0.15, -0.1) is 0 Å². The van der Waals surface area contributed by atoms with E-state index in [1.54, 1.807) is 16.9 Å². The summed E-state index contributed by atoms with van der Waals surface area (Å²) in [7, 11) is 0. The maximum atomic E-state index is 4.02. The fourth-order valence-corrected chi connectivity index (χ4v) is 0.773. The van der Waals surface area contributed by atoms with Crippen molar-refractivity contribution in [2.24, 2.45) is 5.10 Å². The smallest absolute Gasteiger partial charge is 0.153 e. The summed E-state index contributed by atoms with van der Waals surface area (Å²) in [5.74, 6) is 0.729. The Kier molecular flexibility index (Phi) is 1.67. The van der Waals surface area contributed by atoms with Gasteiger partial charge in [0.25, 0.3) is 0 Å². The van der Waals surface area contributed by atoms with Gasteiger partial charge in [-0.3, -0.25) is 0 Å². The lowest BCUT2D eigenvalue weighted by molar-refractivity contribution is 0.837. The Morgan fingerprint density at radius 3 is 2.90 bits per heavy atom. The molecular formula is C7H9N3. The topological polar surface area (TPSA) is 30.2 Å². The molecule has 1 aromatic rings. The molecule has 52 valence electrons. The molecule has 0 amide bonds. The summed E-state index contributed by atoms with van der Waals surface area (Å²) in [6.45, 7) is 8.89. The SMILES string of the molecule is C=Cc1ncc(C)n1N=C. The standard InChI is InChI=1S/C7H9N3/c1-4-7-9-5-6(2)10(7)8-3/h4-5H,1,3H2,2H3. The normalized spacial score (nSPS) is 9.30. The minimum Gasteiger partial charge on any atom is -0.235 e. The molecule has 0 aliphatic carbocycles. The molecule has 0 unspecified atom stereocenters. The molecular weight excluding hydrogens is 126 g/mol. The van der Waals surface area contributed by atoms with Gasteiger partial charge in [0.15, 0.2) is 5.82 Å². The van der Waals surface area contributed by atoms with Gasteiger partial charge >= 0.3 is 0 Å². The van der Waals surface area contributed by atoms with Crippen LogP contribution in [-0.2, 0) is 0 Å². The van der Waals surface area contributed by atoms with Crippen LogP contribution in [0.15, 0.2) is 17.9 Å². The molecule has 1 heterocycles. The molecule has 0 spiro atoms. The van der Waals surface area contributed by atoms with Crippen molar-refractivity contribution in [2.45, 2.75) is 6.92 Å². The molecule has 0 bridgehead atoms. The van der Waals surface area contributed by atoms with E-state index in [-0.39, 0.29) is 0 Å². The Morgan fingerprint density at radius 2 is 2.50 bits per heavy atom. The van der Waals surface area contributed by atoms with Gasteiger partial charge in [0.2, 0.25) is 0 Å². The van der Waals surface area contributed by atoms with Crippen LogP contribution in [-0.4, -0.2) is 16.4 Å². The van der Waals surface area contributed by atoms with Crippen molar-refractivity contribution in [1.82, 2.24) is 9.66 Å². The largest absolute Gasteiger partial charge is 0.235 e. The molecule has 3 nitrogen and oxygen atoms in total. The van der Waals surface area contributed by atoms with Crippen LogP contribution < -0.4 is 0 Å². The number of rotatable bonds is 2. The summed E-state index contributed by atoms with van der Waals surface area (Å²) in [5, 5.41) is 3.73. The maximum Gasteiger partial charge on any atom is 0.153 e. The van der Waals surface area contributed by atoms with Gasteiger partial charge in [-0.25, -0.2) is 9.66 Å². The van der Waals surface area contributed by atoms with Crippen molar-refractivity contribution in [3.63, 3.8) is 0 Å². The highest BCUT2D eigenvalue weighted by Crippen LogP contribution is 2.03. The molecule has 0 saturated heterocycles. The monoisotopic (exact) mass is 135 g/mol. The number of hydrogen-bond donors (Lipinski definition) is 0. The molecule has 0 N–H and O–H groups in total. The third kappa shape index (κ3) is 0.857. The number of aromatic nitrogens is 2. The molecule has 0 atom stereocenters. The van der Waals surface area contributed by atoms with Crippen LogP contribution in [0.25, 0.3) is 6.08 Å². The van der Waals surface area contributed by atoms with Gasteiger partial charge in [-0.05, 0) is 13.0 Å². The number of hydrogen-bond acceptors (Lipinski definition) is 2. The van der Waals surface area contributed by atoms with Gasteiger partial charge < -0.3 is 0 Å². The summed E-state index contributed by atoms with van der Waals surface area (Å²) in [4.78, 5) is 4.02. The first-order valence-electron chi connectivity index (χ1n) is 2.93. The van der Waals surface area contributed by atoms with Crippen LogP contribution in [0.3, 0.4) is 0 Å². The zero-order valence-corrected chi connectivity index (χ0v) is 5.91. The Bertz CT molecular complexity index is 260. The van der Waals surface area contributed by atoms with Gasteiger partial charge in [-0.2, -0.15) is 5.10 Å². The van der Waals surface area contributed by atoms with E-state index < -0.39 is 0 Å². The summed E-state index contributed by atoms with van der Waals surface area (Å²) in [6, 6.07) is 0. The average Bonchev–Trinajstić information content (AvgIpc) is 2.30. The van der Waals surface area contributed by atoms with Gasteiger partial charge in [0.05, 0.1) is 11.9 Å². The highest BCUT2D eigenvalue weighted by molar-refractivity contribution is 5.38. The Morgan fingerprint density at radius 1 is 1.80 bits per heavy atom. The van der Waals surface area contributed by atoms with Gasteiger partial charge in [0.1, 0.15) is 0 Å². The van der Waals surface area contributed by atoms with E-state index in [4.69, 9.17) is 0 Å². The Labute approximate surface area is 59.7 Å². The lowest BCUT2D eigenvalue weighted by atomic mass is 10.5. The summed E-state index contributed by atoms with van der Waals surface area (Å²) < 4.78 is 1.63. The molecule has 10 heavy (non-hydrogen) atoms. The predicted molar refractivity (Wildman–Crippen MR) is 42.0 cm³/mol. The molecule has 1 aromatic heterocycles. The van der Waals surface area contributed by atoms with E-state index in [0.29, 0.717) is 0 Å². The third-order valence-electron chi connectivity index (χ3n) is 1.26. The Hall–Kier alpha value is -1.38. The van der Waals surface area contributed by atoms with E-state index in [1.165, 1.54) is 0 Å². The zero-order valence-electron chi connectivity index (χ0n) is 5.91. The van der Waals surface area contributed by atoms with Crippen molar-refractivity contribution < 1.29 is 0 Å². The minimum atomic E-state index is 0.729. The van der Waals surface area contributed by atoms with Crippen LogP contribution in [0.5, 0.6) is 0 Å². The Balaban J connectivity index is 3.25. The fraction of sp³-hybridized carbons (Fsp3) is 0.143. The quantitative estimate of drug-likeness (QED) is 0.562. The molecule has 0 saturated carbocycles. The lowest BCUT2D eigenvalue weighted by Gasteiger charge is -1.95. The fourth-order valence-electron chi connectivity index (χ4n) is 0.773. The lowest BCUT2D eigenvalue weighted by Crippen LogP contribution is -1.92. The van der Waals surface area contributed by atoms with Crippen LogP contribution in [0.1, 0.15) is 11.5 Å². The van der Waals surface area contributed by atoms with E-state index in [9.17, 15) is 0 Å². The predicted octanol–water partition coefficient (Wildman–Crippen LogP) is 1.30. The second-order valence-electron chi connectivity index (χ2n) is 1.92. The minimum absolute atomic E-state index is 0.729. The van der Waals surface area contributed by atoms with Crippen LogP contribution in [0.4, 0.5) is 0 Å². The number of aryl methyl sites for hydroxylation is 1. The summed E-state index contributed by atoms with van der Waals surface area (Å²) >= 11 is 0. The first-order chi connectivity index (χ1) is 4.79. The van der Waals surface area contributed by atoms with Crippen molar-refractivity contribution in [2.75, 3.05) is 0 Å². The van der Waals surface area contributed by atoms with Crippen LogP contribution >= 0.6 is 0 Å². The molecule has 0 fully saturated rings. The van der Waals surface area contributed by atoms with Crippen molar-refractivity contribution in [1.29, 1.82) is 0 Å². The van der Waals surface area contributed by atoms with Crippen LogP contribution in [0, 0.1) is 6.92 Å². The molecule has 0 aliphatic rings. The molecule has 3 heteroatoms. The molecule has 0 radical (unpaired) electrons.